The van der Waals surface area contributed by atoms with Crippen molar-refractivity contribution < 1.29 is 5.11 Å². The zero-order valence-electron chi connectivity index (χ0n) is 9.34. The normalized spacial score (nSPS) is 37.4. The summed E-state index contributed by atoms with van der Waals surface area (Å²) in [4.78, 5) is 0. The van der Waals surface area contributed by atoms with Crippen molar-refractivity contribution in [3.63, 3.8) is 0 Å². The highest BCUT2D eigenvalue weighted by Crippen LogP contribution is 2.37. The molecule has 0 aromatic heterocycles. The van der Waals surface area contributed by atoms with Crippen LogP contribution in [-0.4, -0.2) is 10.7 Å². The van der Waals surface area contributed by atoms with Crippen molar-refractivity contribution >= 4 is 0 Å². The van der Waals surface area contributed by atoms with Crippen LogP contribution in [0.5, 0.6) is 0 Å². The highest BCUT2D eigenvalue weighted by Gasteiger charge is 2.34. The molecular weight excluding hydrogens is 160 g/mol. The summed E-state index contributed by atoms with van der Waals surface area (Å²) < 4.78 is 0. The predicted octanol–water partition coefficient (Wildman–Crippen LogP) is 3.36. The largest absolute Gasteiger partial charge is 0.390 e. The predicted molar refractivity (Wildman–Crippen MR) is 56.7 cm³/mol. The van der Waals surface area contributed by atoms with Crippen LogP contribution in [0.25, 0.3) is 0 Å². The lowest BCUT2D eigenvalue weighted by molar-refractivity contribution is -0.0402. The summed E-state index contributed by atoms with van der Waals surface area (Å²) in [6, 6.07) is 0. The van der Waals surface area contributed by atoms with Crippen LogP contribution in [0.15, 0.2) is 0 Å². The Bertz CT molecular complexity index is 151. The van der Waals surface area contributed by atoms with Gasteiger partial charge in [0.15, 0.2) is 0 Å². The minimum atomic E-state index is -0.373. The molecule has 3 unspecified atom stereocenters. The zero-order valence-corrected chi connectivity index (χ0v) is 9.34. The van der Waals surface area contributed by atoms with Gasteiger partial charge in [0.25, 0.3) is 0 Å². The SMILES string of the molecule is CCC(C)CC1CCCCC1(C)O. The van der Waals surface area contributed by atoms with Crippen LogP contribution < -0.4 is 0 Å². The second-order valence-corrected chi connectivity index (χ2v) is 5.05. The fourth-order valence-corrected chi connectivity index (χ4v) is 2.41. The van der Waals surface area contributed by atoms with Crippen molar-refractivity contribution in [1.82, 2.24) is 0 Å². The molecule has 0 aromatic carbocycles. The molecule has 1 fully saturated rings. The molecule has 3 atom stereocenters. The first-order chi connectivity index (χ1) is 6.06. The molecule has 0 spiro atoms. The number of hydrogen-bond donors (Lipinski definition) is 1. The smallest absolute Gasteiger partial charge is 0.0647 e. The first-order valence-electron chi connectivity index (χ1n) is 5.78. The molecule has 0 radical (unpaired) electrons. The standard InChI is InChI=1S/C12H24O/c1-4-10(2)9-11-7-5-6-8-12(11,3)13/h10-11,13H,4-9H2,1-3H3. The van der Waals surface area contributed by atoms with Crippen LogP contribution in [0.4, 0.5) is 0 Å². The lowest BCUT2D eigenvalue weighted by atomic mass is 9.72. The Morgan fingerprint density at radius 1 is 1.46 bits per heavy atom. The van der Waals surface area contributed by atoms with E-state index in [0.29, 0.717) is 5.92 Å². The fraction of sp³-hybridized carbons (Fsp3) is 1.00. The lowest BCUT2D eigenvalue weighted by Crippen LogP contribution is -2.38. The second-order valence-electron chi connectivity index (χ2n) is 5.05. The summed E-state index contributed by atoms with van der Waals surface area (Å²) in [5.41, 5.74) is -0.373. The molecule has 0 amide bonds. The Labute approximate surface area is 82.5 Å². The van der Waals surface area contributed by atoms with Gasteiger partial charge in [-0.25, -0.2) is 0 Å². The maximum atomic E-state index is 10.2. The van der Waals surface area contributed by atoms with E-state index in [1.54, 1.807) is 0 Å². The molecule has 0 saturated heterocycles. The molecule has 0 aromatic rings. The zero-order chi connectivity index (χ0) is 9.90. The van der Waals surface area contributed by atoms with Crippen molar-refractivity contribution in [3.8, 4) is 0 Å². The third kappa shape index (κ3) is 2.98. The van der Waals surface area contributed by atoms with E-state index in [-0.39, 0.29) is 5.60 Å². The van der Waals surface area contributed by atoms with Gasteiger partial charge in [0, 0.05) is 0 Å². The van der Waals surface area contributed by atoms with Crippen LogP contribution in [0.2, 0.25) is 0 Å². The Balaban J connectivity index is 2.46. The summed E-state index contributed by atoms with van der Waals surface area (Å²) in [5, 5.41) is 10.2. The molecule has 0 bridgehead atoms. The number of hydrogen-bond acceptors (Lipinski definition) is 1. The second kappa shape index (κ2) is 4.45. The van der Waals surface area contributed by atoms with Crippen LogP contribution in [0, 0.1) is 11.8 Å². The van der Waals surface area contributed by atoms with Crippen LogP contribution >= 0.6 is 0 Å². The molecular formula is C12H24O. The van der Waals surface area contributed by atoms with Gasteiger partial charge in [-0.1, -0.05) is 33.1 Å². The number of rotatable bonds is 3. The molecule has 0 heterocycles. The van der Waals surface area contributed by atoms with Crippen molar-refractivity contribution in [2.45, 2.75) is 64.9 Å². The van der Waals surface area contributed by atoms with Gasteiger partial charge in [-0.3, -0.25) is 0 Å². The molecule has 1 N–H and O–H groups in total. The number of aliphatic hydroxyl groups is 1. The summed E-state index contributed by atoms with van der Waals surface area (Å²) in [6.07, 6.45) is 7.22. The minimum absolute atomic E-state index is 0.373. The Morgan fingerprint density at radius 2 is 2.15 bits per heavy atom. The first-order valence-corrected chi connectivity index (χ1v) is 5.78. The molecule has 78 valence electrons. The molecule has 1 nitrogen and oxygen atoms in total. The maximum Gasteiger partial charge on any atom is 0.0647 e. The van der Waals surface area contributed by atoms with Gasteiger partial charge in [0.05, 0.1) is 5.60 Å². The molecule has 1 aliphatic carbocycles. The molecule has 1 aliphatic rings. The Morgan fingerprint density at radius 3 is 2.69 bits per heavy atom. The third-order valence-electron chi connectivity index (χ3n) is 3.75. The summed E-state index contributed by atoms with van der Waals surface area (Å²) in [6.45, 7) is 6.56. The Hall–Kier alpha value is -0.0400. The highest BCUT2D eigenvalue weighted by atomic mass is 16.3. The van der Waals surface area contributed by atoms with Crippen molar-refractivity contribution in [2.75, 3.05) is 0 Å². The van der Waals surface area contributed by atoms with E-state index in [0.717, 1.165) is 12.3 Å². The quantitative estimate of drug-likeness (QED) is 0.713. The van der Waals surface area contributed by atoms with Crippen molar-refractivity contribution in [1.29, 1.82) is 0 Å². The summed E-state index contributed by atoms with van der Waals surface area (Å²) in [5.74, 6) is 1.32. The first kappa shape index (κ1) is 11.0. The van der Waals surface area contributed by atoms with Gasteiger partial charge < -0.3 is 5.11 Å². The molecule has 13 heavy (non-hydrogen) atoms. The molecule has 1 heteroatoms. The highest BCUT2D eigenvalue weighted by molar-refractivity contribution is 4.86. The van der Waals surface area contributed by atoms with E-state index >= 15 is 0 Å². The fourth-order valence-electron chi connectivity index (χ4n) is 2.41. The van der Waals surface area contributed by atoms with E-state index in [4.69, 9.17) is 0 Å². The monoisotopic (exact) mass is 184 g/mol. The van der Waals surface area contributed by atoms with Gasteiger partial charge >= 0.3 is 0 Å². The summed E-state index contributed by atoms with van der Waals surface area (Å²) in [7, 11) is 0. The van der Waals surface area contributed by atoms with Gasteiger partial charge in [0.1, 0.15) is 0 Å². The van der Waals surface area contributed by atoms with E-state index in [1.165, 1.54) is 32.1 Å². The average molecular weight is 184 g/mol. The average Bonchev–Trinajstić information content (AvgIpc) is 2.08. The molecule has 0 aliphatic heterocycles. The third-order valence-corrected chi connectivity index (χ3v) is 3.75. The van der Waals surface area contributed by atoms with Crippen LogP contribution in [0.1, 0.15) is 59.3 Å². The van der Waals surface area contributed by atoms with Crippen LogP contribution in [0.3, 0.4) is 0 Å². The minimum Gasteiger partial charge on any atom is -0.390 e. The van der Waals surface area contributed by atoms with E-state index in [9.17, 15) is 5.11 Å². The van der Waals surface area contributed by atoms with Crippen LogP contribution in [-0.2, 0) is 0 Å². The van der Waals surface area contributed by atoms with Gasteiger partial charge in [-0.05, 0) is 38.0 Å². The molecule has 1 rings (SSSR count). The lowest BCUT2D eigenvalue weighted by Gasteiger charge is -2.38. The van der Waals surface area contributed by atoms with Gasteiger partial charge in [-0.2, -0.15) is 0 Å². The van der Waals surface area contributed by atoms with Gasteiger partial charge in [0.2, 0.25) is 0 Å². The Kier molecular flexibility index (Phi) is 3.78. The van der Waals surface area contributed by atoms with Gasteiger partial charge in [-0.15, -0.1) is 0 Å². The maximum absolute atomic E-state index is 10.2. The van der Waals surface area contributed by atoms with E-state index in [1.807, 2.05) is 6.92 Å². The van der Waals surface area contributed by atoms with Crippen molar-refractivity contribution in [2.24, 2.45) is 11.8 Å². The topological polar surface area (TPSA) is 20.2 Å². The van der Waals surface area contributed by atoms with Crippen molar-refractivity contribution in [3.05, 3.63) is 0 Å². The van der Waals surface area contributed by atoms with E-state index in [2.05, 4.69) is 13.8 Å². The van der Waals surface area contributed by atoms with E-state index < -0.39 is 0 Å². The molecule has 1 saturated carbocycles. The summed E-state index contributed by atoms with van der Waals surface area (Å²) >= 11 is 0.